The Morgan fingerprint density at radius 2 is 1.94 bits per heavy atom. The van der Waals surface area contributed by atoms with Gasteiger partial charge in [0.1, 0.15) is 0 Å². The average molecular weight is 229 g/mol. The van der Waals surface area contributed by atoms with Crippen molar-refractivity contribution >= 4 is 0 Å². The molecule has 0 saturated carbocycles. The predicted octanol–water partition coefficient (Wildman–Crippen LogP) is 0.378. The van der Waals surface area contributed by atoms with Crippen molar-refractivity contribution in [1.29, 1.82) is 0 Å². The van der Waals surface area contributed by atoms with Crippen LogP contribution in [0.25, 0.3) is 0 Å². The fourth-order valence-corrected chi connectivity index (χ4v) is 2.11. The Hall–Kier alpha value is -0.160. The minimum atomic E-state index is 0.533. The summed E-state index contributed by atoms with van der Waals surface area (Å²) < 4.78 is 5.35. The highest BCUT2D eigenvalue weighted by Gasteiger charge is 2.19. The fourth-order valence-electron chi connectivity index (χ4n) is 2.11. The van der Waals surface area contributed by atoms with Gasteiger partial charge in [0.15, 0.2) is 0 Å². The normalized spacial score (nSPS) is 21.2. The van der Waals surface area contributed by atoms with Crippen LogP contribution in [0.3, 0.4) is 0 Å². The highest BCUT2D eigenvalue weighted by atomic mass is 16.5. The van der Waals surface area contributed by atoms with Crippen molar-refractivity contribution in [2.75, 3.05) is 52.5 Å². The Bertz CT molecular complexity index is 170. The molecule has 1 atom stereocenters. The molecule has 4 heteroatoms. The molecule has 0 aromatic carbocycles. The van der Waals surface area contributed by atoms with Gasteiger partial charge in [0.05, 0.1) is 0 Å². The van der Waals surface area contributed by atoms with Gasteiger partial charge in [-0.3, -0.25) is 4.90 Å². The number of hydrogen-bond donors (Lipinski definition) is 1. The largest absolute Gasteiger partial charge is 0.382 e. The van der Waals surface area contributed by atoms with Gasteiger partial charge in [0.2, 0.25) is 0 Å². The van der Waals surface area contributed by atoms with E-state index in [1.807, 2.05) is 6.92 Å². The average Bonchev–Trinajstić information content (AvgIpc) is 2.34. The second kappa shape index (κ2) is 8.01. The molecular weight excluding hydrogens is 202 g/mol. The van der Waals surface area contributed by atoms with Gasteiger partial charge >= 0.3 is 0 Å². The summed E-state index contributed by atoms with van der Waals surface area (Å²) in [5, 5.41) is 0. The van der Waals surface area contributed by atoms with E-state index in [2.05, 4.69) is 16.7 Å². The summed E-state index contributed by atoms with van der Waals surface area (Å²) in [4.78, 5) is 5.01. The van der Waals surface area contributed by atoms with E-state index in [0.717, 1.165) is 39.3 Å². The van der Waals surface area contributed by atoms with Crippen LogP contribution in [0.2, 0.25) is 0 Å². The van der Waals surface area contributed by atoms with Gasteiger partial charge in [0.25, 0.3) is 0 Å². The van der Waals surface area contributed by atoms with Crippen LogP contribution in [0, 0.1) is 0 Å². The van der Waals surface area contributed by atoms with Crippen molar-refractivity contribution in [3.8, 4) is 0 Å². The quantitative estimate of drug-likeness (QED) is 0.641. The summed E-state index contributed by atoms with van der Waals surface area (Å²) in [7, 11) is 0. The Morgan fingerprint density at radius 3 is 2.50 bits per heavy atom. The molecule has 1 rings (SSSR count). The second-order valence-corrected chi connectivity index (χ2v) is 4.51. The molecule has 1 aliphatic heterocycles. The van der Waals surface area contributed by atoms with Crippen LogP contribution in [0.15, 0.2) is 0 Å². The van der Waals surface area contributed by atoms with Gasteiger partial charge in [0, 0.05) is 58.5 Å². The zero-order valence-corrected chi connectivity index (χ0v) is 10.8. The van der Waals surface area contributed by atoms with E-state index in [1.54, 1.807) is 0 Å². The molecule has 0 aliphatic carbocycles. The third kappa shape index (κ3) is 4.78. The third-order valence-corrected chi connectivity index (χ3v) is 3.34. The molecule has 4 nitrogen and oxygen atoms in total. The summed E-state index contributed by atoms with van der Waals surface area (Å²) in [6.45, 7) is 12.6. The van der Waals surface area contributed by atoms with E-state index in [1.165, 1.54) is 19.6 Å². The van der Waals surface area contributed by atoms with Crippen LogP contribution < -0.4 is 5.73 Å². The molecule has 0 amide bonds. The first-order chi connectivity index (χ1) is 7.77. The molecule has 1 aliphatic rings. The summed E-state index contributed by atoms with van der Waals surface area (Å²) in [6.07, 6.45) is 1.15. The highest BCUT2D eigenvalue weighted by Crippen LogP contribution is 2.05. The molecule has 1 heterocycles. The lowest BCUT2D eigenvalue weighted by Crippen LogP contribution is -2.51. The van der Waals surface area contributed by atoms with E-state index in [0.29, 0.717) is 6.04 Å². The molecule has 0 aromatic rings. The minimum Gasteiger partial charge on any atom is -0.382 e. The lowest BCUT2D eigenvalue weighted by atomic mass is 10.2. The number of nitrogens with two attached hydrogens (primary N) is 1. The van der Waals surface area contributed by atoms with Crippen molar-refractivity contribution < 1.29 is 4.74 Å². The molecule has 0 aromatic heterocycles. The molecule has 1 fully saturated rings. The Labute approximate surface area is 99.7 Å². The number of piperazine rings is 1. The van der Waals surface area contributed by atoms with Crippen molar-refractivity contribution in [2.45, 2.75) is 26.3 Å². The van der Waals surface area contributed by atoms with Crippen molar-refractivity contribution in [2.24, 2.45) is 5.73 Å². The maximum Gasteiger partial charge on any atom is 0.0478 e. The molecule has 96 valence electrons. The molecule has 0 radical (unpaired) electrons. The summed E-state index contributed by atoms with van der Waals surface area (Å²) in [5.41, 5.74) is 5.68. The summed E-state index contributed by atoms with van der Waals surface area (Å²) >= 11 is 0. The van der Waals surface area contributed by atoms with Crippen LogP contribution in [0.5, 0.6) is 0 Å². The third-order valence-electron chi connectivity index (χ3n) is 3.34. The maximum absolute atomic E-state index is 5.68. The number of nitrogens with zero attached hydrogens (tertiary/aromatic N) is 2. The van der Waals surface area contributed by atoms with Gasteiger partial charge in [-0.15, -0.1) is 0 Å². The lowest BCUT2D eigenvalue weighted by Gasteiger charge is -2.37. The van der Waals surface area contributed by atoms with E-state index in [9.17, 15) is 0 Å². The molecule has 0 bridgehead atoms. The summed E-state index contributed by atoms with van der Waals surface area (Å²) in [5.74, 6) is 0. The number of ether oxygens (including phenoxy) is 1. The van der Waals surface area contributed by atoms with Crippen molar-refractivity contribution in [3.05, 3.63) is 0 Å². The molecule has 16 heavy (non-hydrogen) atoms. The number of rotatable bonds is 7. The predicted molar refractivity (Wildman–Crippen MR) is 67.6 cm³/mol. The molecule has 1 unspecified atom stereocenters. The van der Waals surface area contributed by atoms with Crippen LogP contribution in [0.1, 0.15) is 20.3 Å². The van der Waals surface area contributed by atoms with E-state index in [4.69, 9.17) is 10.5 Å². The van der Waals surface area contributed by atoms with Gasteiger partial charge < -0.3 is 15.4 Å². The van der Waals surface area contributed by atoms with Crippen molar-refractivity contribution in [1.82, 2.24) is 9.80 Å². The van der Waals surface area contributed by atoms with E-state index in [-0.39, 0.29) is 0 Å². The first-order valence-corrected chi connectivity index (χ1v) is 6.52. The standard InChI is InChI=1S/C12H27N3O/c1-3-16-10-4-5-14-6-8-15(9-7-14)12(2)11-13/h12H,3-11,13H2,1-2H3. The SMILES string of the molecule is CCOCCCN1CCN(C(C)CN)CC1. The van der Waals surface area contributed by atoms with Crippen LogP contribution in [-0.4, -0.2) is 68.3 Å². The Balaban J connectivity index is 2.07. The number of hydrogen-bond acceptors (Lipinski definition) is 4. The van der Waals surface area contributed by atoms with Crippen LogP contribution in [-0.2, 0) is 4.74 Å². The van der Waals surface area contributed by atoms with Crippen LogP contribution in [0.4, 0.5) is 0 Å². The van der Waals surface area contributed by atoms with Gasteiger partial charge in [-0.05, 0) is 20.3 Å². The topological polar surface area (TPSA) is 41.7 Å². The van der Waals surface area contributed by atoms with Crippen LogP contribution >= 0.6 is 0 Å². The smallest absolute Gasteiger partial charge is 0.0478 e. The second-order valence-electron chi connectivity index (χ2n) is 4.51. The maximum atomic E-state index is 5.68. The summed E-state index contributed by atoms with van der Waals surface area (Å²) in [6, 6.07) is 0.533. The van der Waals surface area contributed by atoms with Crippen molar-refractivity contribution in [3.63, 3.8) is 0 Å². The monoisotopic (exact) mass is 229 g/mol. The first-order valence-electron chi connectivity index (χ1n) is 6.52. The van der Waals surface area contributed by atoms with Gasteiger partial charge in [-0.1, -0.05) is 0 Å². The minimum absolute atomic E-state index is 0.533. The Kier molecular flexibility index (Phi) is 6.96. The molecule has 2 N–H and O–H groups in total. The van der Waals surface area contributed by atoms with Gasteiger partial charge in [-0.25, -0.2) is 0 Å². The zero-order chi connectivity index (χ0) is 11.8. The Morgan fingerprint density at radius 1 is 1.25 bits per heavy atom. The molecule has 0 spiro atoms. The highest BCUT2D eigenvalue weighted by molar-refractivity contribution is 4.76. The first kappa shape index (κ1) is 13.9. The molecule has 1 saturated heterocycles. The fraction of sp³-hybridized carbons (Fsp3) is 1.00. The van der Waals surface area contributed by atoms with Gasteiger partial charge in [-0.2, -0.15) is 0 Å². The molecular formula is C12H27N3O. The zero-order valence-electron chi connectivity index (χ0n) is 10.8. The van der Waals surface area contributed by atoms with E-state index < -0.39 is 0 Å². The van der Waals surface area contributed by atoms with E-state index >= 15 is 0 Å². The lowest BCUT2D eigenvalue weighted by molar-refractivity contribution is 0.0889.